The van der Waals surface area contributed by atoms with Crippen molar-refractivity contribution in [1.82, 2.24) is 4.90 Å². The summed E-state index contributed by atoms with van der Waals surface area (Å²) >= 11 is 0. The van der Waals surface area contributed by atoms with Crippen molar-refractivity contribution in [3.63, 3.8) is 0 Å². The van der Waals surface area contributed by atoms with Gasteiger partial charge in [0.1, 0.15) is 0 Å². The van der Waals surface area contributed by atoms with Crippen LogP contribution < -0.4 is 0 Å². The first-order valence-electron chi connectivity index (χ1n) is 8.10. The smallest absolute Gasteiger partial charge is 0.176 e. The summed E-state index contributed by atoms with van der Waals surface area (Å²) in [6.07, 6.45) is 4.24. The number of hydrogen-bond donors (Lipinski definition) is 1. The molecule has 116 valence electrons. The highest BCUT2D eigenvalue weighted by Gasteiger charge is 2.24. The first kappa shape index (κ1) is 16.2. The Morgan fingerprint density at radius 1 is 1.29 bits per heavy atom. The molecule has 1 heterocycles. The van der Waals surface area contributed by atoms with Crippen LogP contribution >= 0.6 is 0 Å². The van der Waals surface area contributed by atoms with Crippen LogP contribution in [0, 0.1) is 0 Å². The number of piperidine rings is 1. The maximum absolute atomic E-state index is 12.4. The molecule has 1 saturated heterocycles. The minimum absolute atomic E-state index is 0.190. The molecule has 1 aromatic carbocycles. The number of benzene rings is 1. The molecule has 21 heavy (non-hydrogen) atoms. The van der Waals surface area contributed by atoms with E-state index >= 15 is 0 Å². The lowest BCUT2D eigenvalue weighted by Gasteiger charge is -2.34. The van der Waals surface area contributed by atoms with E-state index in [9.17, 15) is 4.79 Å². The van der Waals surface area contributed by atoms with E-state index in [1.165, 1.54) is 12.0 Å². The number of Topliss-reactive ketones (excluding diaryl/α,β-unsaturated/α-hetero) is 1. The average molecular weight is 289 g/mol. The molecule has 1 N–H and O–H groups in total. The molecule has 1 fully saturated rings. The molecule has 0 bridgehead atoms. The standard InChI is InChI=1S/C18H27NO2/c1-14(2)15-6-8-16(9-7-15)18(21)13-19-11-4-3-5-17(19)10-12-20/h6-9,14,17,20H,3-5,10-13H2,1-2H3. The second kappa shape index (κ2) is 7.71. The summed E-state index contributed by atoms with van der Waals surface area (Å²) in [5, 5.41) is 9.16. The molecule has 3 nitrogen and oxygen atoms in total. The molecule has 1 aromatic rings. The number of carbonyl (C=O) groups excluding carboxylic acids is 1. The van der Waals surface area contributed by atoms with Crippen LogP contribution in [0.4, 0.5) is 0 Å². The molecular formula is C18H27NO2. The number of likely N-dealkylation sites (tertiary alicyclic amines) is 1. The molecular weight excluding hydrogens is 262 g/mol. The van der Waals surface area contributed by atoms with E-state index in [-0.39, 0.29) is 12.4 Å². The van der Waals surface area contributed by atoms with E-state index in [1.54, 1.807) is 0 Å². The lowest BCUT2D eigenvalue weighted by Crippen LogP contribution is -2.43. The minimum Gasteiger partial charge on any atom is -0.396 e. The molecule has 0 saturated carbocycles. The van der Waals surface area contributed by atoms with Gasteiger partial charge in [0.15, 0.2) is 5.78 Å². The minimum atomic E-state index is 0.190. The zero-order valence-electron chi connectivity index (χ0n) is 13.2. The molecule has 1 unspecified atom stereocenters. The Morgan fingerprint density at radius 3 is 2.62 bits per heavy atom. The van der Waals surface area contributed by atoms with Crippen LogP contribution in [0.25, 0.3) is 0 Å². The van der Waals surface area contributed by atoms with Crippen molar-refractivity contribution in [3.8, 4) is 0 Å². The number of ketones is 1. The molecule has 0 amide bonds. The number of rotatable bonds is 6. The average Bonchev–Trinajstić information content (AvgIpc) is 2.49. The number of nitrogens with zero attached hydrogens (tertiary/aromatic N) is 1. The van der Waals surface area contributed by atoms with E-state index in [0.29, 0.717) is 18.5 Å². The highest BCUT2D eigenvalue weighted by atomic mass is 16.3. The third-order valence-electron chi connectivity index (χ3n) is 4.46. The Labute approximate surface area is 128 Å². The highest BCUT2D eigenvalue weighted by molar-refractivity contribution is 5.97. The number of hydrogen-bond acceptors (Lipinski definition) is 3. The van der Waals surface area contributed by atoms with Gasteiger partial charge < -0.3 is 5.11 Å². The van der Waals surface area contributed by atoms with Gasteiger partial charge in [0, 0.05) is 18.2 Å². The Balaban J connectivity index is 1.99. The van der Waals surface area contributed by atoms with Crippen LogP contribution in [0.2, 0.25) is 0 Å². The predicted molar refractivity (Wildman–Crippen MR) is 85.8 cm³/mol. The largest absolute Gasteiger partial charge is 0.396 e. The molecule has 0 aliphatic carbocycles. The molecule has 3 heteroatoms. The second-order valence-electron chi connectivity index (χ2n) is 6.33. The van der Waals surface area contributed by atoms with Crippen molar-refractivity contribution in [2.45, 2.75) is 51.5 Å². The monoisotopic (exact) mass is 289 g/mol. The quantitative estimate of drug-likeness (QED) is 0.817. The summed E-state index contributed by atoms with van der Waals surface area (Å²) in [6.45, 7) is 5.97. The fraction of sp³-hybridized carbons (Fsp3) is 0.611. The van der Waals surface area contributed by atoms with Gasteiger partial charge in [0.25, 0.3) is 0 Å². The van der Waals surface area contributed by atoms with E-state index in [0.717, 1.165) is 31.4 Å². The van der Waals surface area contributed by atoms with Gasteiger partial charge in [0.2, 0.25) is 0 Å². The van der Waals surface area contributed by atoms with E-state index in [1.807, 2.05) is 12.1 Å². The van der Waals surface area contributed by atoms with Gasteiger partial charge in [-0.2, -0.15) is 0 Å². The maximum atomic E-state index is 12.4. The first-order valence-corrected chi connectivity index (χ1v) is 8.10. The zero-order chi connectivity index (χ0) is 15.2. The van der Waals surface area contributed by atoms with Crippen molar-refractivity contribution < 1.29 is 9.90 Å². The van der Waals surface area contributed by atoms with Gasteiger partial charge in [-0.25, -0.2) is 0 Å². The second-order valence-corrected chi connectivity index (χ2v) is 6.33. The van der Waals surface area contributed by atoms with Gasteiger partial charge in [0.05, 0.1) is 6.54 Å². The van der Waals surface area contributed by atoms with Gasteiger partial charge in [-0.1, -0.05) is 44.5 Å². The van der Waals surface area contributed by atoms with Gasteiger partial charge >= 0.3 is 0 Å². The fourth-order valence-electron chi connectivity index (χ4n) is 3.07. The summed E-state index contributed by atoms with van der Waals surface area (Å²) in [5.41, 5.74) is 2.07. The number of aliphatic hydroxyl groups excluding tert-OH is 1. The lowest BCUT2D eigenvalue weighted by atomic mass is 9.97. The maximum Gasteiger partial charge on any atom is 0.176 e. The van der Waals surface area contributed by atoms with Crippen molar-refractivity contribution >= 4 is 5.78 Å². The zero-order valence-corrected chi connectivity index (χ0v) is 13.2. The molecule has 0 radical (unpaired) electrons. The van der Waals surface area contributed by atoms with E-state index < -0.39 is 0 Å². The van der Waals surface area contributed by atoms with Gasteiger partial charge in [-0.3, -0.25) is 9.69 Å². The molecule has 0 spiro atoms. The SMILES string of the molecule is CC(C)c1ccc(C(=O)CN2CCCCC2CCO)cc1. The van der Waals surface area contributed by atoms with Crippen LogP contribution in [-0.4, -0.2) is 41.5 Å². The number of carbonyl (C=O) groups is 1. The molecule has 1 aliphatic rings. The Kier molecular flexibility index (Phi) is 5.95. The number of aliphatic hydroxyl groups is 1. The third-order valence-corrected chi connectivity index (χ3v) is 4.46. The lowest BCUT2D eigenvalue weighted by molar-refractivity contribution is 0.0799. The topological polar surface area (TPSA) is 40.5 Å². The predicted octanol–water partition coefficient (Wildman–Crippen LogP) is 3.23. The van der Waals surface area contributed by atoms with Gasteiger partial charge in [-0.15, -0.1) is 0 Å². The fourth-order valence-corrected chi connectivity index (χ4v) is 3.07. The molecule has 0 aromatic heterocycles. The first-order chi connectivity index (χ1) is 10.1. The Bertz CT molecular complexity index is 451. The van der Waals surface area contributed by atoms with Crippen LogP contribution in [0.15, 0.2) is 24.3 Å². The van der Waals surface area contributed by atoms with Crippen molar-refractivity contribution in [2.75, 3.05) is 19.7 Å². The summed E-state index contributed by atoms with van der Waals surface area (Å²) in [7, 11) is 0. The van der Waals surface area contributed by atoms with Crippen molar-refractivity contribution in [1.29, 1.82) is 0 Å². The normalized spacial score (nSPS) is 19.9. The summed E-state index contributed by atoms with van der Waals surface area (Å²) < 4.78 is 0. The van der Waals surface area contributed by atoms with Crippen LogP contribution in [-0.2, 0) is 0 Å². The molecule has 2 rings (SSSR count). The Hall–Kier alpha value is -1.19. The molecule has 1 aliphatic heterocycles. The van der Waals surface area contributed by atoms with E-state index in [2.05, 4.69) is 30.9 Å². The molecule has 1 atom stereocenters. The van der Waals surface area contributed by atoms with Gasteiger partial charge in [-0.05, 0) is 37.3 Å². The van der Waals surface area contributed by atoms with Crippen molar-refractivity contribution in [2.24, 2.45) is 0 Å². The summed E-state index contributed by atoms with van der Waals surface area (Å²) in [5.74, 6) is 0.681. The van der Waals surface area contributed by atoms with Crippen LogP contribution in [0.3, 0.4) is 0 Å². The van der Waals surface area contributed by atoms with E-state index in [4.69, 9.17) is 5.11 Å². The van der Waals surface area contributed by atoms with Crippen molar-refractivity contribution in [3.05, 3.63) is 35.4 Å². The Morgan fingerprint density at radius 2 is 2.00 bits per heavy atom. The highest BCUT2D eigenvalue weighted by Crippen LogP contribution is 2.20. The van der Waals surface area contributed by atoms with Crippen LogP contribution in [0.5, 0.6) is 0 Å². The summed E-state index contributed by atoms with van der Waals surface area (Å²) in [6, 6.07) is 8.37. The summed E-state index contributed by atoms with van der Waals surface area (Å²) in [4.78, 5) is 14.7. The third kappa shape index (κ3) is 4.39. The van der Waals surface area contributed by atoms with Crippen LogP contribution in [0.1, 0.15) is 61.4 Å².